The molecular weight excluding hydrogens is 192 g/mol. The molecule has 3 heteroatoms. The molecule has 0 fully saturated rings. The van der Waals surface area contributed by atoms with Gasteiger partial charge in [0.25, 0.3) is 0 Å². The van der Waals surface area contributed by atoms with E-state index < -0.39 is 0 Å². The molecule has 1 atom stereocenters. The van der Waals surface area contributed by atoms with Gasteiger partial charge in [-0.1, -0.05) is 13.5 Å². The van der Waals surface area contributed by atoms with Crippen molar-refractivity contribution in [2.75, 3.05) is 6.61 Å². The van der Waals surface area contributed by atoms with Crippen LogP contribution in [0.4, 0.5) is 0 Å². The molecule has 0 radical (unpaired) electrons. The molecule has 0 aliphatic heterocycles. The second-order valence-electron chi connectivity index (χ2n) is 4.64. The summed E-state index contributed by atoms with van der Waals surface area (Å²) in [6.45, 7) is 13.4. The molecule has 0 saturated heterocycles. The van der Waals surface area contributed by atoms with E-state index in [-0.39, 0.29) is 17.7 Å². The zero-order chi connectivity index (χ0) is 12.1. The number of carbonyl (C=O) groups excluding carboxylic acids is 1. The summed E-state index contributed by atoms with van der Waals surface area (Å²) >= 11 is 0. The Kier molecular flexibility index (Phi) is 5.58. The van der Waals surface area contributed by atoms with E-state index >= 15 is 0 Å². The summed E-state index contributed by atoms with van der Waals surface area (Å²) in [7, 11) is 0. The van der Waals surface area contributed by atoms with E-state index in [1.54, 1.807) is 6.92 Å². The first-order valence-electron chi connectivity index (χ1n) is 5.26. The fourth-order valence-corrected chi connectivity index (χ4v) is 1.03. The minimum Gasteiger partial charge on any atom is -0.460 e. The quantitative estimate of drug-likeness (QED) is 0.521. The van der Waals surface area contributed by atoms with Crippen molar-refractivity contribution in [2.45, 2.75) is 52.7 Å². The van der Waals surface area contributed by atoms with Gasteiger partial charge in [-0.3, -0.25) is 0 Å². The molecule has 0 aliphatic rings. The van der Waals surface area contributed by atoms with Gasteiger partial charge in [0.05, 0.1) is 11.7 Å². The van der Waals surface area contributed by atoms with Crippen molar-refractivity contribution < 1.29 is 14.3 Å². The minimum absolute atomic E-state index is 0.0479. The molecule has 88 valence electrons. The maximum absolute atomic E-state index is 11.2. The van der Waals surface area contributed by atoms with Crippen LogP contribution in [0.15, 0.2) is 12.2 Å². The summed E-state index contributed by atoms with van der Waals surface area (Å²) in [5.74, 6) is -0.356. The van der Waals surface area contributed by atoms with E-state index in [0.29, 0.717) is 12.2 Å². The predicted molar refractivity (Wildman–Crippen MR) is 60.7 cm³/mol. The molecule has 0 aromatic carbocycles. The second-order valence-corrected chi connectivity index (χ2v) is 4.64. The van der Waals surface area contributed by atoms with Crippen molar-refractivity contribution in [1.29, 1.82) is 0 Å². The smallest absolute Gasteiger partial charge is 0.333 e. The van der Waals surface area contributed by atoms with Crippen molar-refractivity contribution in [3.63, 3.8) is 0 Å². The summed E-state index contributed by atoms with van der Waals surface area (Å²) in [4.78, 5) is 11.2. The first-order chi connectivity index (χ1) is 6.76. The van der Waals surface area contributed by atoms with Crippen molar-refractivity contribution in [2.24, 2.45) is 0 Å². The monoisotopic (exact) mass is 214 g/mol. The standard InChI is InChI=1S/C12H22O3/c1-7-10(15-12(4,5)6)8-14-11(13)9(2)3/h10H,2,7-8H2,1,3-6H3. The normalized spacial score (nSPS) is 13.4. The van der Waals surface area contributed by atoms with Crippen LogP contribution < -0.4 is 0 Å². The fourth-order valence-electron chi connectivity index (χ4n) is 1.03. The molecule has 0 amide bonds. The highest BCUT2D eigenvalue weighted by atomic mass is 16.6. The summed E-state index contributed by atoms with van der Waals surface area (Å²) < 4.78 is 10.7. The van der Waals surface area contributed by atoms with E-state index in [1.165, 1.54) is 0 Å². The highest BCUT2D eigenvalue weighted by Gasteiger charge is 2.18. The average Bonchev–Trinajstić information content (AvgIpc) is 2.09. The zero-order valence-electron chi connectivity index (χ0n) is 10.4. The second kappa shape index (κ2) is 5.91. The molecule has 0 aliphatic carbocycles. The van der Waals surface area contributed by atoms with Crippen molar-refractivity contribution >= 4 is 5.97 Å². The predicted octanol–water partition coefficient (Wildman–Crippen LogP) is 2.70. The molecule has 1 unspecified atom stereocenters. The van der Waals surface area contributed by atoms with Crippen LogP contribution in [-0.2, 0) is 14.3 Å². The van der Waals surface area contributed by atoms with Crippen LogP contribution in [0.3, 0.4) is 0 Å². The molecule has 0 heterocycles. The number of ether oxygens (including phenoxy) is 2. The Morgan fingerprint density at radius 2 is 1.93 bits per heavy atom. The molecule has 0 bridgehead atoms. The molecule has 0 spiro atoms. The maximum atomic E-state index is 11.2. The van der Waals surface area contributed by atoms with Crippen LogP contribution in [0.1, 0.15) is 41.0 Å². The van der Waals surface area contributed by atoms with Gasteiger partial charge in [0, 0.05) is 5.57 Å². The van der Waals surface area contributed by atoms with Crippen molar-refractivity contribution in [1.82, 2.24) is 0 Å². The van der Waals surface area contributed by atoms with Crippen LogP contribution in [0.2, 0.25) is 0 Å². The summed E-state index contributed by atoms with van der Waals surface area (Å²) in [5, 5.41) is 0. The Bertz CT molecular complexity index is 226. The third-order valence-corrected chi connectivity index (χ3v) is 1.72. The van der Waals surface area contributed by atoms with Crippen molar-refractivity contribution in [3.05, 3.63) is 12.2 Å². The number of hydrogen-bond acceptors (Lipinski definition) is 3. The van der Waals surface area contributed by atoms with Crippen molar-refractivity contribution in [3.8, 4) is 0 Å². The van der Waals surface area contributed by atoms with E-state index in [0.717, 1.165) is 6.42 Å². The molecule has 0 aromatic rings. The van der Waals surface area contributed by atoms with Gasteiger partial charge >= 0.3 is 5.97 Å². The van der Waals surface area contributed by atoms with E-state index in [4.69, 9.17) is 9.47 Å². The first-order valence-corrected chi connectivity index (χ1v) is 5.26. The number of rotatable bonds is 5. The summed E-state index contributed by atoms with van der Waals surface area (Å²) in [6, 6.07) is 0. The lowest BCUT2D eigenvalue weighted by molar-refractivity contribution is -0.148. The lowest BCUT2D eigenvalue weighted by Crippen LogP contribution is -2.31. The average molecular weight is 214 g/mol. The zero-order valence-corrected chi connectivity index (χ0v) is 10.4. The van der Waals surface area contributed by atoms with Gasteiger partial charge in [-0.25, -0.2) is 4.79 Å². The number of esters is 1. The summed E-state index contributed by atoms with van der Waals surface area (Å²) in [6.07, 6.45) is 0.772. The number of hydrogen-bond donors (Lipinski definition) is 0. The van der Waals surface area contributed by atoms with Gasteiger partial charge in [-0.05, 0) is 34.1 Å². The third-order valence-electron chi connectivity index (χ3n) is 1.72. The van der Waals surface area contributed by atoms with Crippen LogP contribution in [0, 0.1) is 0 Å². The number of carbonyl (C=O) groups is 1. The summed E-state index contributed by atoms with van der Waals surface area (Å²) in [5.41, 5.74) is 0.205. The molecule has 15 heavy (non-hydrogen) atoms. The van der Waals surface area contributed by atoms with Crippen LogP contribution in [-0.4, -0.2) is 24.3 Å². The van der Waals surface area contributed by atoms with Gasteiger partial charge in [-0.15, -0.1) is 0 Å². The lowest BCUT2D eigenvalue weighted by atomic mass is 10.1. The Morgan fingerprint density at radius 1 is 1.40 bits per heavy atom. The van der Waals surface area contributed by atoms with E-state index in [1.807, 2.05) is 27.7 Å². The fraction of sp³-hybridized carbons (Fsp3) is 0.750. The SMILES string of the molecule is C=C(C)C(=O)OCC(CC)OC(C)(C)C. The largest absolute Gasteiger partial charge is 0.460 e. The molecule has 3 nitrogen and oxygen atoms in total. The van der Waals surface area contributed by atoms with Gasteiger partial charge in [0.2, 0.25) is 0 Å². The van der Waals surface area contributed by atoms with Crippen LogP contribution in [0.25, 0.3) is 0 Å². The van der Waals surface area contributed by atoms with Gasteiger partial charge in [-0.2, -0.15) is 0 Å². The molecule has 0 rings (SSSR count). The minimum atomic E-state index is -0.356. The Labute approximate surface area is 92.5 Å². The molecule has 0 aromatic heterocycles. The van der Waals surface area contributed by atoms with Gasteiger partial charge in [0.15, 0.2) is 0 Å². The van der Waals surface area contributed by atoms with Crippen LogP contribution in [0.5, 0.6) is 0 Å². The Balaban J connectivity index is 4.01. The van der Waals surface area contributed by atoms with Gasteiger partial charge < -0.3 is 9.47 Å². The highest BCUT2D eigenvalue weighted by molar-refractivity contribution is 5.86. The molecule has 0 N–H and O–H groups in total. The maximum Gasteiger partial charge on any atom is 0.333 e. The topological polar surface area (TPSA) is 35.5 Å². The van der Waals surface area contributed by atoms with E-state index in [9.17, 15) is 4.79 Å². The molecular formula is C12H22O3. The van der Waals surface area contributed by atoms with Crippen LogP contribution >= 0.6 is 0 Å². The lowest BCUT2D eigenvalue weighted by Gasteiger charge is -2.26. The first kappa shape index (κ1) is 14.2. The van der Waals surface area contributed by atoms with E-state index in [2.05, 4.69) is 6.58 Å². The Morgan fingerprint density at radius 3 is 2.27 bits per heavy atom. The van der Waals surface area contributed by atoms with Gasteiger partial charge in [0.1, 0.15) is 6.61 Å². The molecule has 0 saturated carbocycles. The highest BCUT2D eigenvalue weighted by Crippen LogP contribution is 2.13. The third kappa shape index (κ3) is 7.14. The Hall–Kier alpha value is -0.830.